The third-order valence-electron chi connectivity index (χ3n) is 2.71. The van der Waals surface area contributed by atoms with Crippen molar-refractivity contribution >= 4 is 27.5 Å². The fraction of sp³-hybridized carbons (Fsp3) is 0.133. The topological polar surface area (TPSA) is 38.3 Å². The normalized spacial score (nSPS) is 10.2. The minimum Gasteiger partial charge on any atom is -0.494 e. The van der Waals surface area contributed by atoms with Gasteiger partial charge >= 0.3 is 0 Å². The molecule has 1 amide bonds. The Morgan fingerprint density at radius 3 is 2.65 bits per heavy atom. The average molecular weight is 338 g/mol. The van der Waals surface area contributed by atoms with E-state index in [-0.39, 0.29) is 11.7 Å². The van der Waals surface area contributed by atoms with Crippen LogP contribution in [-0.2, 0) is 0 Å². The second-order valence-corrected chi connectivity index (χ2v) is 5.24. The fourth-order valence-electron chi connectivity index (χ4n) is 1.81. The van der Waals surface area contributed by atoms with Gasteiger partial charge in [0.05, 0.1) is 7.11 Å². The summed E-state index contributed by atoms with van der Waals surface area (Å²) < 4.78 is 19.0. The molecule has 2 aromatic rings. The van der Waals surface area contributed by atoms with Crippen LogP contribution in [0.15, 0.2) is 40.9 Å². The van der Waals surface area contributed by atoms with E-state index in [0.29, 0.717) is 11.3 Å². The van der Waals surface area contributed by atoms with Gasteiger partial charge in [-0.05, 0) is 42.8 Å². The number of hydrogen-bond acceptors (Lipinski definition) is 2. The van der Waals surface area contributed by atoms with Crippen molar-refractivity contribution in [2.45, 2.75) is 6.92 Å². The summed E-state index contributed by atoms with van der Waals surface area (Å²) in [7, 11) is 1.38. The molecule has 3 nitrogen and oxygen atoms in total. The lowest BCUT2D eigenvalue weighted by Gasteiger charge is -2.08. The Bertz CT molecular complexity index is 638. The molecule has 2 aromatic carbocycles. The van der Waals surface area contributed by atoms with E-state index in [1.165, 1.54) is 25.3 Å². The van der Waals surface area contributed by atoms with Crippen LogP contribution in [0.4, 0.5) is 10.1 Å². The van der Waals surface area contributed by atoms with E-state index in [1.807, 2.05) is 13.0 Å². The number of halogens is 2. The van der Waals surface area contributed by atoms with Crippen LogP contribution in [0.5, 0.6) is 5.75 Å². The Balaban J connectivity index is 2.23. The molecule has 0 bridgehead atoms. The standard InChI is InChI=1S/C15H13BrFNO2/c1-9-5-10(7-11(16)6-9)15(19)18-12-3-4-13(17)14(8-12)20-2/h3-8H,1-2H3,(H,18,19). The van der Waals surface area contributed by atoms with Gasteiger partial charge in [0.1, 0.15) is 0 Å². The van der Waals surface area contributed by atoms with E-state index in [2.05, 4.69) is 21.2 Å². The Labute approximate surface area is 124 Å². The molecule has 0 fully saturated rings. The molecule has 0 atom stereocenters. The molecule has 104 valence electrons. The lowest BCUT2D eigenvalue weighted by Crippen LogP contribution is -2.12. The first-order chi connectivity index (χ1) is 9.49. The van der Waals surface area contributed by atoms with Crippen molar-refractivity contribution in [1.29, 1.82) is 0 Å². The van der Waals surface area contributed by atoms with Crippen LogP contribution in [0.2, 0.25) is 0 Å². The zero-order valence-electron chi connectivity index (χ0n) is 11.0. The van der Waals surface area contributed by atoms with Gasteiger partial charge in [0, 0.05) is 21.8 Å². The molecular formula is C15H13BrFNO2. The van der Waals surface area contributed by atoms with Crippen molar-refractivity contribution in [2.24, 2.45) is 0 Å². The molecule has 0 unspecified atom stereocenters. The van der Waals surface area contributed by atoms with Crippen LogP contribution >= 0.6 is 15.9 Å². The largest absolute Gasteiger partial charge is 0.494 e. The Kier molecular flexibility index (Phi) is 4.39. The first-order valence-electron chi connectivity index (χ1n) is 5.91. The summed E-state index contributed by atoms with van der Waals surface area (Å²) in [6.07, 6.45) is 0. The second-order valence-electron chi connectivity index (χ2n) is 4.32. The number of ether oxygens (including phenoxy) is 1. The zero-order chi connectivity index (χ0) is 14.7. The van der Waals surface area contributed by atoms with Crippen molar-refractivity contribution < 1.29 is 13.9 Å². The third-order valence-corrected chi connectivity index (χ3v) is 3.17. The monoisotopic (exact) mass is 337 g/mol. The summed E-state index contributed by atoms with van der Waals surface area (Å²) in [6.45, 7) is 1.91. The number of carbonyl (C=O) groups is 1. The molecular weight excluding hydrogens is 325 g/mol. The van der Waals surface area contributed by atoms with E-state index in [4.69, 9.17) is 4.74 Å². The number of methoxy groups -OCH3 is 1. The zero-order valence-corrected chi connectivity index (χ0v) is 12.6. The molecule has 0 saturated heterocycles. The maximum absolute atomic E-state index is 13.3. The first-order valence-corrected chi connectivity index (χ1v) is 6.71. The number of anilines is 1. The van der Waals surface area contributed by atoms with E-state index >= 15 is 0 Å². The summed E-state index contributed by atoms with van der Waals surface area (Å²) in [4.78, 5) is 12.1. The summed E-state index contributed by atoms with van der Waals surface area (Å²) >= 11 is 3.35. The molecule has 0 saturated carbocycles. The van der Waals surface area contributed by atoms with E-state index in [1.54, 1.807) is 12.1 Å². The maximum atomic E-state index is 13.3. The number of hydrogen-bond donors (Lipinski definition) is 1. The van der Waals surface area contributed by atoms with Crippen LogP contribution in [0.3, 0.4) is 0 Å². The summed E-state index contributed by atoms with van der Waals surface area (Å²) in [5.74, 6) is -0.639. The van der Waals surface area contributed by atoms with E-state index in [0.717, 1.165) is 10.0 Å². The van der Waals surface area contributed by atoms with Crippen molar-refractivity contribution in [2.75, 3.05) is 12.4 Å². The predicted molar refractivity (Wildman–Crippen MR) is 79.8 cm³/mol. The Hall–Kier alpha value is -1.88. The Morgan fingerprint density at radius 2 is 2.00 bits per heavy atom. The van der Waals surface area contributed by atoms with Gasteiger partial charge < -0.3 is 10.1 Å². The average Bonchev–Trinajstić information content (AvgIpc) is 2.39. The van der Waals surface area contributed by atoms with Crippen molar-refractivity contribution in [3.05, 3.63) is 57.8 Å². The minimum absolute atomic E-state index is 0.0909. The molecule has 0 aliphatic heterocycles. The van der Waals surface area contributed by atoms with Gasteiger partial charge in [0.2, 0.25) is 0 Å². The highest BCUT2D eigenvalue weighted by molar-refractivity contribution is 9.10. The van der Waals surface area contributed by atoms with Gasteiger partial charge in [-0.15, -0.1) is 0 Å². The molecule has 0 aliphatic carbocycles. The van der Waals surface area contributed by atoms with Crippen LogP contribution in [-0.4, -0.2) is 13.0 Å². The lowest BCUT2D eigenvalue weighted by molar-refractivity contribution is 0.102. The summed E-state index contributed by atoms with van der Waals surface area (Å²) in [6, 6.07) is 9.60. The summed E-state index contributed by atoms with van der Waals surface area (Å²) in [5.41, 5.74) is 1.98. The fourth-order valence-corrected chi connectivity index (χ4v) is 2.42. The number of nitrogens with one attached hydrogen (secondary N) is 1. The van der Waals surface area contributed by atoms with Crippen LogP contribution in [0.25, 0.3) is 0 Å². The van der Waals surface area contributed by atoms with Gasteiger partial charge in [-0.1, -0.05) is 15.9 Å². The highest BCUT2D eigenvalue weighted by Gasteiger charge is 2.09. The molecule has 0 spiro atoms. The van der Waals surface area contributed by atoms with Gasteiger partial charge in [-0.2, -0.15) is 0 Å². The van der Waals surface area contributed by atoms with Gasteiger partial charge in [0.15, 0.2) is 11.6 Å². The van der Waals surface area contributed by atoms with Crippen molar-refractivity contribution in [3.8, 4) is 5.75 Å². The SMILES string of the molecule is COc1cc(NC(=O)c2cc(C)cc(Br)c2)ccc1F. The molecule has 20 heavy (non-hydrogen) atoms. The number of amides is 1. The maximum Gasteiger partial charge on any atom is 0.255 e. The quantitative estimate of drug-likeness (QED) is 0.913. The molecule has 0 heterocycles. The first kappa shape index (κ1) is 14.5. The second kappa shape index (κ2) is 6.05. The highest BCUT2D eigenvalue weighted by atomic mass is 79.9. The van der Waals surface area contributed by atoms with Crippen LogP contribution in [0, 0.1) is 12.7 Å². The van der Waals surface area contributed by atoms with Gasteiger partial charge in [0.25, 0.3) is 5.91 Å². The van der Waals surface area contributed by atoms with E-state index < -0.39 is 5.82 Å². The van der Waals surface area contributed by atoms with Crippen molar-refractivity contribution in [1.82, 2.24) is 0 Å². The molecule has 5 heteroatoms. The number of benzene rings is 2. The number of carbonyl (C=O) groups excluding carboxylic acids is 1. The Morgan fingerprint density at radius 1 is 1.25 bits per heavy atom. The van der Waals surface area contributed by atoms with Crippen LogP contribution < -0.4 is 10.1 Å². The third kappa shape index (κ3) is 3.36. The van der Waals surface area contributed by atoms with Crippen molar-refractivity contribution in [3.63, 3.8) is 0 Å². The molecule has 1 N–H and O–H groups in total. The smallest absolute Gasteiger partial charge is 0.255 e. The van der Waals surface area contributed by atoms with Gasteiger partial charge in [-0.25, -0.2) is 4.39 Å². The molecule has 0 aliphatic rings. The minimum atomic E-state index is -0.469. The molecule has 0 radical (unpaired) electrons. The molecule has 2 rings (SSSR count). The van der Waals surface area contributed by atoms with Crippen LogP contribution in [0.1, 0.15) is 15.9 Å². The lowest BCUT2D eigenvalue weighted by atomic mass is 10.1. The van der Waals surface area contributed by atoms with Gasteiger partial charge in [-0.3, -0.25) is 4.79 Å². The van der Waals surface area contributed by atoms with E-state index in [9.17, 15) is 9.18 Å². The highest BCUT2D eigenvalue weighted by Crippen LogP contribution is 2.22. The molecule has 0 aromatic heterocycles. The summed E-state index contributed by atoms with van der Waals surface area (Å²) in [5, 5.41) is 2.71. The predicted octanol–water partition coefficient (Wildman–Crippen LogP) is 4.16. The number of rotatable bonds is 3. The number of aryl methyl sites for hydroxylation is 1.